The predicted octanol–water partition coefficient (Wildman–Crippen LogP) is 7.20. The van der Waals surface area contributed by atoms with Gasteiger partial charge in [0.2, 0.25) is 0 Å². The van der Waals surface area contributed by atoms with Gasteiger partial charge >= 0.3 is 11.3 Å². The number of para-hydroxylation sites is 1. The second-order valence-electron chi connectivity index (χ2n) is 9.68. The average Bonchev–Trinajstić information content (AvgIpc) is 2.96. The van der Waals surface area contributed by atoms with E-state index in [1.54, 1.807) is 30.3 Å². The molecule has 0 aliphatic carbocycles. The summed E-state index contributed by atoms with van der Waals surface area (Å²) in [5.74, 6) is -0.433. The maximum atomic E-state index is 13.6. The van der Waals surface area contributed by atoms with Crippen LogP contribution in [0.3, 0.4) is 0 Å². The van der Waals surface area contributed by atoms with Gasteiger partial charge in [0.1, 0.15) is 22.7 Å². The Kier molecular flexibility index (Phi) is 4.35. The second kappa shape index (κ2) is 7.82. The number of hydrogen-bond donors (Lipinski definition) is 1. The minimum Gasteiger partial charge on any atom is -0.507 e. The summed E-state index contributed by atoms with van der Waals surface area (Å²) < 4.78 is 18.0. The Labute approximate surface area is 219 Å². The van der Waals surface area contributed by atoms with Gasteiger partial charge in [0.25, 0.3) is 0 Å². The zero-order valence-electron chi connectivity index (χ0n) is 20.3. The van der Waals surface area contributed by atoms with Gasteiger partial charge in [-0.2, -0.15) is 0 Å². The van der Waals surface area contributed by atoms with Gasteiger partial charge in [0, 0.05) is 5.56 Å². The maximum Gasteiger partial charge on any atom is 0.344 e. The van der Waals surface area contributed by atoms with Gasteiger partial charge in [-0.05, 0) is 39.7 Å². The number of ether oxygens (including phenoxy) is 1. The van der Waals surface area contributed by atoms with E-state index < -0.39 is 17.2 Å². The summed E-state index contributed by atoms with van der Waals surface area (Å²) in [7, 11) is 0. The third kappa shape index (κ3) is 2.97. The van der Waals surface area contributed by atoms with Crippen LogP contribution in [-0.2, 0) is 0 Å². The molecule has 0 saturated carbocycles. The topological polar surface area (TPSA) is 89.9 Å². The highest BCUT2D eigenvalue weighted by atomic mass is 16.5. The number of rotatable bonds is 1. The summed E-state index contributed by atoms with van der Waals surface area (Å²) in [5, 5.41) is 16.2. The van der Waals surface area contributed by atoms with Crippen LogP contribution in [0.1, 0.15) is 22.6 Å². The van der Waals surface area contributed by atoms with E-state index in [-0.39, 0.29) is 22.5 Å². The lowest BCUT2D eigenvalue weighted by Gasteiger charge is -2.28. The van der Waals surface area contributed by atoms with Crippen molar-refractivity contribution in [1.29, 1.82) is 0 Å². The SMILES string of the molecule is O=c1oc2ccc3ccccc3c2c(O)c1C1c2ccccc2Oc2c1c(=O)oc1ccc3ccccc3c21. The van der Waals surface area contributed by atoms with Gasteiger partial charge in [-0.25, -0.2) is 9.59 Å². The summed E-state index contributed by atoms with van der Waals surface area (Å²) in [6, 6.07) is 29.6. The lowest BCUT2D eigenvalue weighted by Crippen LogP contribution is -2.24. The Bertz CT molecular complexity index is 2250. The normalized spacial score (nSPS) is 14.4. The minimum absolute atomic E-state index is 0.0391. The second-order valence-corrected chi connectivity index (χ2v) is 9.68. The molecule has 0 bridgehead atoms. The predicted molar refractivity (Wildman–Crippen MR) is 149 cm³/mol. The molecule has 7 aromatic rings. The van der Waals surface area contributed by atoms with Gasteiger partial charge in [0.05, 0.1) is 27.8 Å². The Morgan fingerprint density at radius 3 is 1.87 bits per heavy atom. The molecule has 39 heavy (non-hydrogen) atoms. The van der Waals surface area contributed by atoms with E-state index in [0.29, 0.717) is 33.4 Å². The first-order chi connectivity index (χ1) is 19.1. The van der Waals surface area contributed by atoms with Crippen molar-refractivity contribution in [2.24, 2.45) is 0 Å². The highest BCUT2D eigenvalue weighted by Crippen LogP contribution is 2.51. The quantitative estimate of drug-likeness (QED) is 0.186. The number of fused-ring (bicyclic) bond motifs is 9. The fraction of sp³-hybridized carbons (Fsp3) is 0.0303. The lowest BCUT2D eigenvalue weighted by molar-refractivity contribution is 0.426. The molecule has 6 nitrogen and oxygen atoms in total. The Balaban J connectivity index is 1.55. The molecular weight excluding hydrogens is 492 g/mol. The summed E-state index contributed by atoms with van der Waals surface area (Å²) in [4.78, 5) is 27.2. The van der Waals surface area contributed by atoms with Crippen LogP contribution in [0, 0.1) is 0 Å². The first kappa shape index (κ1) is 21.7. The van der Waals surface area contributed by atoms with Crippen LogP contribution >= 0.6 is 0 Å². The zero-order chi connectivity index (χ0) is 26.2. The van der Waals surface area contributed by atoms with Crippen LogP contribution in [0.15, 0.2) is 115 Å². The van der Waals surface area contributed by atoms with Crippen molar-refractivity contribution in [2.75, 3.05) is 0 Å². The average molecular weight is 511 g/mol. The molecule has 1 atom stereocenters. The molecule has 0 fully saturated rings. The summed E-state index contributed by atoms with van der Waals surface area (Å²) in [6.45, 7) is 0. The zero-order valence-corrected chi connectivity index (χ0v) is 20.3. The molecule has 5 aromatic carbocycles. The van der Waals surface area contributed by atoms with Crippen molar-refractivity contribution < 1.29 is 18.7 Å². The summed E-state index contributed by atoms with van der Waals surface area (Å²) in [6.07, 6.45) is 0. The highest BCUT2D eigenvalue weighted by Gasteiger charge is 2.38. The van der Waals surface area contributed by atoms with Gasteiger partial charge in [-0.3, -0.25) is 0 Å². The van der Waals surface area contributed by atoms with E-state index in [4.69, 9.17) is 13.6 Å². The van der Waals surface area contributed by atoms with Crippen LogP contribution < -0.4 is 16.0 Å². The molecule has 2 aromatic heterocycles. The van der Waals surface area contributed by atoms with Crippen molar-refractivity contribution in [1.82, 2.24) is 0 Å². The van der Waals surface area contributed by atoms with Crippen LogP contribution in [0.5, 0.6) is 17.2 Å². The maximum absolute atomic E-state index is 13.6. The largest absolute Gasteiger partial charge is 0.507 e. The molecule has 1 unspecified atom stereocenters. The standard InChI is InChI=1S/C33H18O6/c34-30-25-19-9-3-1-7-17(19)13-15-23(25)38-32(35)28(30)27-21-11-5-6-12-22(21)37-31-26-20-10-4-2-8-18(20)14-16-24(26)39-33(36)29(27)31/h1-16,27,34H. The van der Waals surface area contributed by atoms with Crippen molar-refractivity contribution in [3.8, 4) is 17.2 Å². The van der Waals surface area contributed by atoms with Crippen molar-refractivity contribution >= 4 is 43.5 Å². The third-order valence-corrected chi connectivity index (χ3v) is 7.61. The van der Waals surface area contributed by atoms with E-state index in [1.807, 2.05) is 66.7 Å². The van der Waals surface area contributed by atoms with Crippen LogP contribution in [-0.4, -0.2) is 5.11 Å². The van der Waals surface area contributed by atoms with E-state index in [9.17, 15) is 14.7 Å². The molecule has 0 amide bonds. The lowest BCUT2D eigenvalue weighted by atomic mass is 9.82. The molecule has 3 heterocycles. The van der Waals surface area contributed by atoms with E-state index in [2.05, 4.69) is 0 Å². The fourth-order valence-corrected chi connectivity index (χ4v) is 5.91. The first-order valence-electron chi connectivity index (χ1n) is 12.5. The minimum atomic E-state index is -0.982. The molecule has 0 saturated heterocycles. The number of hydrogen-bond acceptors (Lipinski definition) is 6. The summed E-state index contributed by atoms with van der Waals surface area (Å²) >= 11 is 0. The molecule has 1 aliphatic heterocycles. The van der Waals surface area contributed by atoms with E-state index in [0.717, 1.165) is 21.5 Å². The van der Waals surface area contributed by atoms with E-state index >= 15 is 0 Å². The van der Waals surface area contributed by atoms with Crippen LogP contribution in [0.25, 0.3) is 43.5 Å². The fourth-order valence-electron chi connectivity index (χ4n) is 5.91. The van der Waals surface area contributed by atoms with Crippen molar-refractivity contribution in [2.45, 2.75) is 5.92 Å². The van der Waals surface area contributed by atoms with Gasteiger partial charge < -0.3 is 18.7 Å². The Morgan fingerprint density at radius 2 is 1.15 bits per heavy atom. The van der Waals surface area contributed by atoms with Crippen LogP contribution in [0.2, 0.25) is 0 Å². The van der Waals surface area contributed by atoms with Gasteiger partial charge in [-0.15, -0.1) is 0 Å². The third-order valence-electron chi connectivity index (χ3n) is 7.61. The molecule has 186 valence electrons. The molecule has 0 spiro atoms. The number of aromatic hydroxyl groups is 1. The monoisotopic (exact) mass is 510 g/mol. The van der Waals surface area contributed by atoms with Gasteiger partial charge in [-0.1, -0.05) is 78.9 Å². The highest BCUT2D eigenvalue weighted by molar-refractivity contribution is 6.10. The van der Waals surface area contributed by atoms with E-state index in [1.165, 1.54) is 0 Å². The smallest absolute Gasteiger partial charge is 0.344 e. The molecule has 0 radical (unpaired) electrons. The molecule has 1 aliphatic rings. The summed E-state index contributed by atoms with van der Waals surface area (Å²) in [5.41, 5.74) is -0.0978. The molecule has 1 N–H and O–H groups in total. The van der Waals surface area contributed by atoms with Crippen molar-refractivity contribution in [3.63, 3.8) is 0 Å². The molecule has 6 heteroatoms. The van der Waals surface area contributed by atoms with Gasteiger partial charge in [0.15, 0.2) is 5.75 Å². The number of benzene rings is 5. The molecular formula is C33H18O6. The van der Waals surface area contributed by atoms with Crippen molar-refractivity contribution in [3.05, 3.63) is 135 Å². The Morgan fingerprint density at radius 1 is 0.590 bits per heavy atom. The first-order valence-corrected chi connectivity index (χ1v) is 12.5. The Hall–Kier alpha value is -5.36. The van der Waals surface area contributed by atoms with Crippen LogP contribution in [0.4, 0.5) is 0 Å². The molecule has 8 rings (SSSR count).